The van der Waals surface area contributed by atoms with Crippen molar-refractivity contribution in [3.05, 3.63) is 35.8 Å². The number of nitrogens with zero attached hydrogens (tertiary/aromatic N) is 2. The summed E-state index contributed by atoms with van der Waals surface area (Å²) in [6, 6.07) is 3.51. The molecule has 0 amide bonds. The summed E-state index contributed by atoms with van der Waals surface area (Å²) in [5.41, 5.74) is 1.19. The van der Waals surface area contributed by atoms with Gasteiger partial charge in [0.05, 0.1) is 11.5 Å². The Bertz CT molecular complexity index is 966. The normalized spacial score (nSPS) is 25.0. The highest BCUT2D eigenvalue weighted by Gasteiger charge is 2.37. The molecule has 0 spiro atoms. The molecule has 0 aliphatic carbocycles. The Hall–Kier alpha value is -1.97. The van der Waals surface area contributed by atoms with Crippen molar-refractivity contribution in [3.63, 3.8) is 0 Å². The molecule has 3 heterocycles. The number of benzene rings is 1. The molecule has 2 atom stereocenters. The number of carboxylic acid groups (broad SMARTS) is 1. The summed E-state index contributed by atoms with van der Waals surface area (Å²) in [7, 11) is -2.94. The summed E-state index contributed by atoms with van der Waals surface area (Å²) in [5.74, 6) is -0.884. The van der Waals surface area contributed by atoms with Gasteiger partial charge in [0.1, 0.15) is 11.9 Å². The van der Waals surface area contributed by atoms with E-state index in [9.17, 15) is 22.7 Å². The zero-order chi connectivity index (χ0) is 19.2. The summed E-state index contributed by atoms with van der Waals surface area (Å²) in [5, 5.41) is 10.5. The van der Waals surface area contributed by atoms with Gasteiger partial charge in [0.25, 0.3) is 0 Å². The molecule has 0 unspecified atom stereocenters. The number of fused-ring (bicyclic) bond motifs is 1. The SMILES string of the molecule is O=C(O)[C@@H](c1c[nH]c2cc(F)ccc12)N1CCN([C@H]2CCS(=O)(=O)C2)CC1. The smallest absolute Gasteiger partial charge is 0.325 e. The van der Waals surface area contributed by atoms with Crippen molar-refractivity contribution in [2.45, 2.75) is 18.5 Å². The number of carboxylic acids is 1. The summed E-state index contributed by atoms with van der Waals surface area (Å²) >= 11 is 0. The van der Waals surface area contributed by atoms with Crippen LogP contribution in [0, 0.1) is 5.82 Å². The number of halogens is 1. The second-order valence-electron chi connectivity index (χ2n) is 7.30. The van der Waals surface area contributed by atoms with Gasteiger partial charge in [-0.3, -0.25) is 14.6 Å². The molecule has 4 rings (SSSR count). The lowest BCUT2D eigenvalue weighted by molar-refractivity contribution is -0.144. The average molecular weight is 395 g/mol. The first-order valence-electron chi connectivity index (χ1n) is 9.02. The molecule has 27 heavy (non-hydrogen) atoms. The zero-order valence-corrected chi connectivity index (χ0v) is 15.6. The number of H-pyrrole nitrogens is 1. The van der Waals surface area contributed by atoms with Gasteiger partial charge in [-0.25, -0.2) is 12.8 Å². The average Bonchev–Trinajstić information content (AvgIpc) is 3.18. The van der Waals surface area contributed by atoms with Crippen molar-refractivity contribution < 1.29 is 22.7 Å². The van der Waals surface area contributed by atoms with Gasteiger partial charge in [0, 0.05) is 54.9 Å². The van der Waals surface area contributed by atoms with Crippen molar-refractivity contribution >= 4 is 26.7 Å². The second kappa shape index (κ2) is 6.88. The lowest BCUT2D eigenvalue weighted by Crippen LogP contribution is -2.52. The minimum atomic E-state index is -2.94. The Kier molecular flexibility index (Phi) is 4.69. The van der Waals surface area contributed by atoms with E-state index in [0.717, 1.165) is 0 Å². The van der Waals surface area contributed by atoms with Crippen LogP contribution < -0.4 is 0 Å². The van der Waals surface area contributed by atoms with E-state index < -0.39 is 21.8 Å². The zero-order valence-electron chi connectivity index (χ0n) is 14.8. The van der Waals surface area contributed by atoms with Crippen LogP contribution in [0.15, 0.2) is 24.4 Å². The minimum Gasteiger partial charge on any atom is -0.480 e. The first-order chi connectivity index (χ1) is 12.8. The van der Waals surface area contributed by atoms with Gasteiger partial charge in [-0.15, -0.1) is 0 Å². The van der Waals surface area contributed by atoms with Gasteiger partial charge in [-0.1, -0.05) is 0 Å². The highest BCUT2D eigenvalue weighted by molar-refractivity contribution is 7.91. The van der Waals surface area contributed by atoms with Crippen LogP contribution in [-0.4, -0.2) is 78.0 Å². The quantitative estimate of drug-likeness (QED) is 0.809. The van der Waals surface area contributed by atoms with Crippen LogP contribution in [0.4, 0.5) is 4.39 Å². The predicted octanol–water partition coefficient (Wildman–Crippen LogP) is 1.24. The highest BCUT2D eigenvalue weighted by atomic mass is 32.2. The Morgan fingerprint density at radius 2 is 2.00 bits per heavy atom. The van der Waals surface area contributed by atoms with Gasteiger partial charge in [0.2, 0.25) is 0 Å². The first-order valence-corrected chi connectivity index (χ1v) is 10.8. The van der Waals surface area contributed by atoms with Gasteiger partial charge in [0.15, 0.2) is 9.84 Å². The van der Waals surface area contributed by atoms with Gasteiger partial charge < -0.3 is 10.1 Å². The molecule has 9 heteroatoms. The molecule has 0 bridgehead atoms. The van der Waals surface area contributed by atoms with E-state index in [1.165, 1.54) is 12.1 Å². The van der Waals surface area contributed by atoms with Crippen LogP contribution in [0.1, 0.15) is 18.0 Å². The van der Waals surface area contributed by atoms with Gasteiger partial charge in [-0.05, 0) is 24.6 Å². The number of rotatable bonds is 4. The number of piperazine rings is 1. The Morgan fingerprint density at radius 1 is 1.26 bits per heavy atom. The van der Waals surface area contributed by atoms with Crippen LogP contribution in [-0.2, 0) is 14.6 Å². The number of hydrogen-bond acceptors (Lipinski definition) is 5. The topological polar surface area (TPSA) is 93.7 Å². The van der Waals surface area contributed by atoms with E-state index in [1.54, 1.807) is 12.3 Å². The maximum absolute atomic E-state index is 13.4. The molecule has 146 valence electrons. The summed E-state index contributed by atoms with van der Waals surface area (Å²) in [4.78, 5) is 19.0. The molecule has 0 radical (unpaired) electrons. The van der Waals surface area contributed by atoms with E-state index >= 15 is 0 Å². The molecule has 2 aliphatic heterocycles. The van der Waals surface area contributed by atoms with Crippen molar-refractivity contribution in [3.8, 4) is 0 Å². The Morgan fingerprint density at radius 3 is 2.63 bits per heavy atom. The van der Waals surface area contributed by atoms with Crippen LogP contribution in [0.3, 0.4) is 0 Å². The van der Waals surface area contributed by atoms with E-state index in [1.807, 2.05) is 4.90 Å². The molecule has 2 saturated heterocycles. The highest BCUT2D eigenvalue weighted by Crippen LogP contribution is 2.30. The molecule has 2 fully saturated rings. The number of aromatic nitrogens is 1. The fourth-order valence-electron chi connectivity index (χ4n) is 4.26. The second-order valence-corrected chi connectivity index (χ2v) is 9.53. The standard InChI is InChI=1S/C18H22FN3O4S/c19-12-1-2-14-15(10-20-16(14)9-12)17(18(23)24)22-6-4-21(5-7-22)13-3-8-27(25,26)11-13/h1-2,9-10,13,17,20H,3-8,11H2,(H,23,24)/t13-,17+/m0/s1. The summed E-state index contributed by atoms with van der Waals surface area (Å²) in [6.45, 7) is 2.37. The van der Waals surface area contributed by atoms with Crippen molar-refractivity contribution in [1.29, 1.82) is 0 Å². The third kappa shape index (κ3) is 3.59. The number of sulfone groups is 1. The molecule has 2 aliphatic rings. The van der Waals surface area contributed by atoms with Gasteiger partial charge in [-0.2, -0.15) is 0 Å². The number of hydrogen-bond donors (Lipinski definition) is 2. The molecular formula is C18H22FN3O4S. The van der Waals surface area contributed by atoms with E-state index in [4.69, 9.17) is 0 Å². The summed E-state index contributed by atoms with van der Waals surface area (Å²) < 4.78 is 36.8. The lowest BCUT2D eigenvalue weighted by atomic mass is 10.0. The Balaban J connectivity index is 1.51. The van der Waals surface area contributed by atoms with E-state index in [-0.39, 0.29) is 23.4 Å². The van der Waals surface area contributed by atoms with Crippen molar-refractivity contribution in [1.82, 2.24) is 14.8 Å². The van der Waals surface area contributed by atoms with Crippen molar-refractivity contribution in [2.24, 2.45) is 0 Å². The Labute approximate surface area is 156 Å². The number of aromatic amines is 1. The molecular weight excluding hydrogens is 373 g/mol. The number of nitrogens with one attached hydrogen (secondary N) is 1. The molecule has 1 aromatic carbocycles. The third-order valence-electron chi connectivity index (χ3n) is 5.64. The molecule has 1 aromatic heterocycles. The first kappa shape index (κ1) is 18.4. The maximum Gasteiger partial charge on any atom is 0.325 e. The number of carbonyl (C=O) groups is 1. The monoisotopic (exact) mass is 395 g/mol. The predicted molar refractivity (Wildman–Crippen MR) is 98.8 cm³/mol. The van der Waals surface area contributed by atoms with E-state index in [0.29, 0.717) is 49.1 Å². The van der Waals surface area contributed by atoms with E-state index in [2.05, 4.69) is 9.88 Å². The largest absolute Gasteiger partial charge is 0.480 e. The van der Waals surface area contributed by atoms with Crippen LogP contribution in [0.2, 0.25) is 0 Å². The van der Waals surface area contributed by atoms with Crippen LogP contribution in [0.25, 0.3) is 10.9 Å². The maximum atomic E-state index is 13.4. The fourth-order valence-corrected chi connectivity index (χ4v) is 6.02. The van der Waals surface area contributed by atoms with Gasteiger partial charge >= 0.3 is 5.97 Å². The lowest BCUT2D eigenvalue weighted by Gasteiger charge is -2.39. The number of aliphatic carboxylic acids is 1. The molecule has 2 aromatic rings. The molecule has 7 nitrogen and oxygen atoms in total. The molecule has 0 saturated carbocycles. The molecule has 2 N–H and O–H groups in total. The van der Waals surface area contributed by atoms with Crippen molar-refractivity contribution in [2.75, 3.05) is 37.7 Å². The fraction of sp³-hybridized carbons (Fsp3) is 0.500. The van der Waals surface area contributed by atoms with Crippen LogP contribution >= 0.6 is 0 Å². The minimum absolute atomic E-state index is 0.0384. The van der Waals surface area contributed by atoms with Crippen LogP contribution in [0.5, 0.6) is 0 Å². The summed E-state index contributed by atoms with van der Waals surface area (Å²) in [6.07, 6.45) is 2.29. The third-order valence-corrected chi connectivity index (χ3v) is 7.39.